The van der Waals surface area contributed by atoms with Gasteiger partial charge in [-0.25, -0.2) is 4.57 Å². The van der Waals surface area contributed by atoms with Crippen LogP contribution in [0.2, 0.25) is 0 Å². The second kappa shape index (κ2) is 6.27. The van der Waals surface area contributed by atoms with Gasteiger partial charge in [-0.1, -0.05) is 36.4 Å². The van der Waals surface area contributed by atoms with Crippen LogP contribution in [0.5, 0.6) is 0 Å². The fraction of sp³-hybridized carbons (Fsp3) is 0.167. The second-order valence-corrected chi connectivity index (χ2v) is 6.12. The molecule has 0 amide bonds. The van der Waals surface area contributed by atoms with Crippen molar-refractivity contribution in [1.82, 2.24) is 10.2 Å². The van der Waals surface area contributed by atoms with Crippen LogP contribution in [0.15, 0.2) is 48.5 Å². The second-order valence-electron chi connectivity index (χ2n) is 6.12. The number of Topliss-reactive ketones (excluding diaryl/α,β-unsaturated/α-hetero) is 1. The number of nitrogens with zero attached hydrogens (tertiary/aromatic N) is 2. The lowest BCUT2D eigenvalue weighted by Gasteiger charge is -2.03. The lowest BCUT2D eigenvalue weighted by Crippen LogP contribution is -2.36. The maximum absolute atomic E-state index is 12.7. The number of benzene rings is 2. The van der Waals surface area contributed by atoms with Crippen LogP contribution in [0, 0.1) is 0 Å². The number of rotatable bonds is 4. The largest absolute Gasteiger partial charge is 0.491 e. The Balaban J connectivity index is 1.58. The number of nitrogens with one attached hydrogen (secondary N) is 1. The normalized spacial score (nSPS) is 13.1. The van der Waals surface area contributed by atoms with Crippen LogP contribution < -0.4 is 10.0 Å². The van der Waals surface area contributed by atoms with Gasteiger partial charge in [-0.15, -0.1) is 5.10 Å². The van der Waals surface area contributed by atoms with Crippen LogP contribution in [-0.4, -0.2) is 28.1 Å². The number of hydrogen-bond donors (Lipinski definition) is 2. The standard InChI is InChI=1S/C18H16BN3O3/c1-22-17(13-5-3-2-4-6-13)20-21-18(22)16(23)10-12-7-8-14-11-25-19(24)15(14)9-12/h2-9,24H,10-11H2,1H3/p+1. The summed E-state index contributed by atoms with van der Waals surface area (Å²) in [6, 6.07) is 15.3. The minimum absolute atomic E-state index is 0.0643. The van der Waals surface area contributed by atoms with Gasteiger partial charge >= 0.3 is 18.8 Å². The molecule has 0 spiro atoms. The highest BCUT2D eigenvalue weighted by atomic mass is 16.5. The Morgan fingerprint density at radius 3 is 2.92 bits per heavy atom. The first kappa shape index (κ1) is 15.7. The first-order valence-electron chi connectivity index (χ1n) is 8.08. The van der Waals surface area contributed by atoms with Gasteiger partial charge in [-0.2, -0.15) is 0 Å². The summed E-state index contributed by atoms with van der Waals surface area (Å²) in [4.78, 5) is 12.7. The zero-order valence-corrected chi connectivity index (χ0v) is 13.8. The number of H-pyrrole nitrogens is 1. The first-order valence-corrected chi connectivity index (χ1v) is 8.08. The highest BCUT2D eigenvalue weighted by molar-refractivity contribution is 6.61. The number of aromatic nitrogens is 3. The van der Waals surface area contributed by atoms with Gasteiger partial charge in [0.05, 0.1) is 19.2 Å². The monoisotopic (exact) mass is 334 g/mol. The van der Waals surface area contributed by atoms with E-state index in [1.54, 1.807) is 4.57 Å². The van der Waals surface area contributed by atoms with Gasteiger partial charge in [0.1, 0.15) is 0 Å². The summed E-state index contributed by atoms with van der Waals surface area (Å²) < 4.78 is 6.96. The highest BCUT2D eigenvalue weighted by Gasteiger charge is 2.28. The van der Waals surface area contributed by atoms with Gasteiger partial charge in [0.15, 0.2) is 0 Å². The SMILES string of the molecule is C[n+]1c(-c2ccccc2)n[nH]c1C(=O)Cc1ccc2c(c1)B(O)OC2. The molecule has 4 rings (SSSR count). The third-order valence-corrected chi connectivity index (χ3v) is 4.45. The predicted molar refractivity (Wildman–Crippen MR) is 92.1 cm³/mol. The molecule has 0 aliphatic carbocycles. The van der Waals surface area contributed by atoms with Crippen molar-refractivity contribution in [1.29, 1.82) is 0 Å². The van der Waals surface area contributed by atoms with Crippen molar-refractivity contribution < 1.29 is 19.0 Å². The fourth-order valence-corrected chi connectivity index (χ4v) is 3.10. The average molecular weight is 334 g/mol. The van der Waals surface area contributed by atoms with Gasteiger partial charge < -0.3 is 9.68 Å². The van der Waals surface area contributed by atoms with Crippen molar-refractivity contribution in [3.8, 4) is 11.4 Å². The van der Waals surface area contributed by atoms with Crippen molar-refractivity contribution in [2.75, 3.05) is 0 Å². The summed E-state index contributed by atoms with van der Waals surface area (Å²) >= 11 is 0. The molecular weight excluding hydrogens is 317 g/mol. The zero-order valence-electron chi connectivity index (χ0n) is 13.8. The molecule has 124 valence electrons. The Labute approximate surface area is 145 Å². The van der Waals surface area contributed by atoms with Crippen LogP contribution >= 0.6 is 0 Å². The molecule has 2 aromatic carbocycles. The Kier molecular flexibility index (Phi) is 3.95. The molecule has 0 radical (unpaired) electrons. The lowest BCUT2D eigenvalue weighted by molar-refractivity contribution is -0.662. The van der Waals surface area contributed by atoms with E-state index in [-0.39, 0.29) is 12.2 Å². The third kappa shape index (κ3) is 2.88. The summed E-state index contributed by atoms with van der Waals surface area (Å²) in [5.74, 6) is 1.09. The van der Waals surface area contributed by atoms with Crippen LogP contribution in [0.3, 0.4) is 0 Å². The van der Waals surface area contributed by atoms with E-state index < -0.39 is 7.12 Å². The molecule has 0 fully saturated rings. The summed E-state index contributed by atoms with van der Waals surface area (Å²) in [5, 5.41) is 16.9. The highest BCUT2D eigenvalue weighted by Crippen LogP contribution is 2.14. The number of hydrogen-bond acceptors (Lipinski definition) is 4. The quantitative estimate of drug-likeness (QED) is 0.415. The minimum atomic E-state index is -0.905. The smallest absolute Gasteiger partial charge is 0.423 e. The molecule has 3 aromatic rings. The van der Waals surface area contributed by atoms with Crippen molar-refractivity contribution in [2.24, 2.45) is 7.05 Å². The molecule has 2 N–H and O–H groups in total. The van der Waals surface area contributed by atoms with Crippen LogP contribution in [0.1, 0.15) is 21.7 Å². The minimum Gasteiger partial charge on any atom is -0.423 e. The van der Waals surface area contributed by atoms with E-state index in [0.717, 1.165) is 22.2 Å². The summed E-state index contributed by atoms with van der Waals surface area (Å²) in [7, 11) is 0.914. The molecule has 1 aromatic heterocycles. The van der Waals surface area contributed by atoms with E-state index in [0.29, 0.717) is 18.3 Å². The lowest BCUT2D eigenvalue weighted by atomic mass is 9.78. The summed E-state index contributed by atoms with van der Waals surface area (Å²) in [5.41, 5.74) is 3.48. The Hall–Kier alpha value is -2.77. The van der Waals surface area contributed by atoms with Crippen molar-refractivity contribution in [3.63, 3.8) is 0 Å². The topological polar surface area (TPSA) is 79.1 Å². The van der Waals surface area contributed by atoms with E-state index in [9.17, 15) is 9.82 Å². The number of fused-ring (bicyclic) bond motifs is 1. The van der Waals surface area contributed by atoms with E-state index >= 15 is 0 Å². The Morgan fingerprint density at radius 2 is 2.12 bits per heavy atom. The number of carbonyl (C=O) groups excluding carboxylic acids is 1. The van der Waals surface area contributed by atoms with Crippen molar-refractivity contribution in [2.45, 2.75) is 13.0 Å². The van der Waals surface area contributed by atoms with Gasteiger partial charge in [0.2, 0.25) is 5.78 Å². The van der Waals surface area contributed by atoms with Crippen molar-refractivity contribution in [3.05, 3.63) is 65.5 Å². The van der Waals surface area contributed by atoms with E-state index in [1.807, 2.05) is 55.6 Å². The van der Waals surface area contributed by atoms with Gasteiger partial charge in [-0.3, -0.25) is 4.79 Å². The maximum atomic E-state index is 12.7. The molecule has 25 heavy (non-hydrogen) atoms. The Bertz CT molecular complexity index is 940. The predicted octanol–water partition coefficient (Wildman–Crippen LogP) is 0.544. The van der Waals surface area contributed by atoms with E-state index in [4.69, 9.17) is 4.65 Å². The molecule has 2 heterocycles. The molecule has 7 heteroatoms. The molecule has 0 saturated carbocycles. The van der Waals surface area contributed by atoms with Crippen LogP contribution in [0.4, 0.5) is 0 Å². The molecule has 0 saturated heterocycles. The average Bonchev–Trinajstić information content (AvgIpc) is 3.19. The fourth-order valence-electron chi connectivity index (χ4n) is 3.10. The first-order chi connectivity index (χ1) is 12.1. The molecular formula is C18H17BN3O3+. The van der Waals surface area contributed by atoms with Crippen LogP contribution in [-0.2, 0) is 24.7 Å². The molecule has 0 bridgehead atoms. The van der Waals surface area contributed by atoms with E-state index in [1.165, 1.54) is 0 Å². The van der Waals surface area contributed by atoms with Gasteiger partial charge in [0.25, 0.3) is 0 Å². The molecule has 0 atom stereocenters. The number of carbonyl (C=O) groups is 1. The number of aromatic amines is 1. The summed E-state index contributed by atoms with van der Waals surface area (Å²) in [6.07, 6.45) is 0.226. The van der Waals surface area contributed by atoms with Crippen molar-refractivity contribution >= 4 is 18.4 Å². The molecule has 1 aliphatic heterocycles. The van der Waals surface area contributed by atoms with Gasteiger partial charge in [-0.05, 0) is 28.7 Å². The molecule has 1 aliphatic rings. The number of ketones is 1. The molecule has 6 nitrogen and oxygen atoms in total. The Morgan fingerprint density at radius 1 is 1.32 bits per heavy atom. The zero-order chi connectivity index (χ0) is 17.4. The van der Waals surface area contributed by atoms with Gasteiger partial charge in [0, 0.05) is 11.5 Å². The molecule has 0 unspecified atom stereocenters. The third-order valence-electron chi connectivity index (χ3n) is 4.45. The van der Waals surface area contributed by atoms with E-state index in [2.05, 4.69) is 10.2 Å². The maximum Gasteiger partial charge on any atom is 0.491 e. The van der Waals surface area contributed by atoms with Crippen LogP contribution in [0.25, 0.3) is 11.4 Å². The summed E-state index contributed by atoms with van der Waals surface area (Å²) in [6.45, 7) is 0.403.